The Bertz CT molecular complexity index is 452. The minimum absolute atomic E-state index is 0.0437. The standard InChI is InChI=1S/C14H17NO2S/c16-10-14(11-17,9-13-15-6-7-18-13)8-12-4-2-1-3-5-12/h1-7,16-17H,8-11H2. The van der Waals surface area contributed by atoms with Gasteiger partial charge in [0.1, 0.15) is 0 Å². The molecule has 1 aromatic carbocycles. The van der Waals surface area contributed by atoms with Crippen molar-refractivity contribution >= 4 is 11.3 Å². The van der Waals surface area contributed by atoms with Crippen LogP contribution in [0.2, 0.25) is 0 Å². The van der Waals surface area contributed by atoms with Crippen molar-refractivity contribution in [1.82, 2.24) is 4.98 Å². The van der Waals surface area contributed by atoms with Gasteiger partial charge in [-0.15, -0.1) is 11.3 Å². The Morgan fingerprint density at radius 3 is 2.33 bits per heavy atom. The molecule has 0 radical (unpaired) electrons. The molecule has 2 aromatic rings. The molecule has 0 spiro atoms. The number of aromatic nitrogens is 1. The molecule has 0 amide bonds. The Morgan fingerprint density at radius 1 is 1.06 bits per heavy atom. The van der Waals surface area contributed by atoms with Crippen LogP contribution in [0.5, 0.6) is 0 Å². The van der Waals surface area contributed by atoms with E-state index in [1.165, 1.54) is 0 Å². The predicted molar refractivity (Wildman–Crippen MR) is 72.6 cm³/mol. The highest BCUT2D eigenvalue weighted by molar-refractivity contribution is 7.09. The van der Waals surface area contributed by atoms with Crippen molar-refractivity contribution in [2.75, 3.05) is 13.2 Å². The minimum Gasteiger partial charge on any atom is -0.396 e. The quantitative estimate of drug-likeness (QED) is 0.837. The van der Waals surface area contributed by atoms with Gasteiger partial charge in [-0.2, -0.15) is 0 Å². The van der Waals surface area contributed by atoms with Crippen LogP contribution in [0.15, 0.2) is 41.9 Å². The number of rotatable bonds is 6. The summed E-state index contributed by atoms with van der Waals surface area (Å²) in [5, 5.41) is 22.2. The van der Waals surface area contributed by atoms with Gasteiger partial charge in [-0.25, -0.2) is 4.98 Å². The molecule has 3 nitrogen and oxygen atoms in total. The molecule has 0 aliphatic carbocycles. The number of nitrogens with zero attached hydrogens (tertiary/aromatic N) is 1. The summed E-state index contributed by atoms with van der Waals surface area (Å²) < 4.78 is 0. The van der Waals surface area contributed by atoms with E-state index in [0.29, 0.717) is 12.8 Å². The summed E-state index contributed by atoms with van der Waals surface area (Å²) in [7, 11) is 0. The maximum absolute atomic E-state index is 9.65. The van der Waals surface area contributed by atoms with Gasteiger partial charge in [-0.1, -0.05) is 30.3 Å². The molecule has 2 N–H and O–H groups in total. The molecule has 0 atom stereocenters. The van der Waals surface area contributed by atoms with Crippen LogP contribution in [0.4, 0.5) is 0 Å². The molecule has 2 rings (SSSR count). The number of benzene rings is 1. The summed E-state index contributed by atoms with van der Waals surface area (Å²) in [5.41, 5.74) is 0.594. The van der Waals surface area contributed by atoms with Crippen molar-refractivity contribution < 1.29 is 10.2 Å². The molecule has 0 bridgehead atoms. The van der Waals surface area contributed by atoms with Crippen LogP contribution < -0.4 is 0 Å². The molecule has 96 valence electrons. The number of thiazole rings is 1. The van der Waals surface area contributed by atoms with E-state index in [-0.39, 0.29) is 13.2 Å². The zero-order valence-electron chi connectivity index (χ0n) is 10.1. The first-order chi connectivity index (χ1) is 8.78. The van der Waals surface area contributed by atoms with E-state index in [1.54, 1.807) is 17.5 Å². The molecular weight excluding hydrogens is 246 g/mol. The Morgan fingerprint density at radius 2 is 1.78 bits per heavy atom. The smallest absolute Gasteiger partial charge is 0.0932 e. The topological polar surface area (TPSA) is 53.4 Å². The van der Waals surface area contributed by atoms with Crippen molar-refractivity contribution in [3.63, 3.8) is 0 Å². The van der Waals surface area contributed by atoms with Crippen molar-refractivity contribution in [3.8, 4) is 0 Å². The van der Waals surface area contributed by atoms with Crippen LogP contribution in [-0.4, -0.2) is 28.4 Å². The molecule has 0 aliphatic heterocycles. The molecule has 0 unspecified atom stereocenters. The lowest BCUT2D eigenvalue weighted by atomic mass is 9.80. The average Bonchev–Trinajstić information content (AvgIpc) is 2.92. The van der Waals surface area contributed by atoms with Crippen molar-refractivity contribution in [3.05, 3.63) is 52.5 Å². The normalized spacial score (nSPS) is 11.7. The summed E-state index contributed by atoms with van der Waals surface area (Å²) in [5.74, 6) is 0. The lowest BCUT2D eigenvalue weighted by molar-refractivity contribution is 0.0547. The lowest BCUT2D eigenvalue weighted by Gasteiger charge is -2.29. The van der Waals surface area contributed by atoms with Gasteiger partial charge in [0.15, 0.2) is 0 Å². The maximum Gasteiger partial charge on any atom is 0.0932 e. The van der Waals surface area contributed by atoms with E-state index in [9.17, 15) is 10.2 Å². The Labute approximate surface area is 111 Å². The number of hydrogen-bond donors (Lipinski definition) is 2. The van der Waals surface area contributed by atoms with Gasteiger partial charge in [-0.3, -0.25) is 0 Å². The van der Waals surface area contributed by atoms with Gasteiger partial charge >= 0.3 is 0 Å². The molecule has 0 saturated heterocycles. The number of aliphatic hydroxyl groups excluding tert-OH is 2. The predicted octanol–water partition coefficient (Wildman–Crippen LogP) is 1.90. The van der Waals surface area contributed by atoms with E-state index in [4.69, 9.17) is 0 Å². The fraction of sp³-hybridized carbons (Fsp3) is 0.357. The van der Waals surface area contributed by atoms with Gasteiger partial charge in [0.05, 0.1) is 18.2 Å². The zero-order valence-corrected chi connectivity index (χ0v) is 10.9. The summed E-state index contributed by atoms with van der Waals surface area (Å²) >= 11 is 1.56. The summed E-state index contributed by atoms with van der Waals surface area (Å²) in [6.07, 6.45) is 3.01. The summed E-state index contributed by atoms with van der Waals surface area (Å²) in [6, 6.07) is 9.93. The first-order valence-corrected chi connectivity index (χ1v) is 6.80. The SMILES string of the molecule is OCC(CO)(Cc1ccccc1)Cc1nccs1. The molecule has 4 heteroatoms. The molecule has 0 fully saturated rings. The van der Waals surface area contributed by atoms with E-state index >= 15 is 0 Å². The fourth-order valence-electron chi connectivity index (χ4n) is 2.03. The second-order valence-electron chi connectivity index (χ2n) is 4.58. The Hall–Kier alpha value is -1.23. The third kappa shape index (κ3) is 3.16. The van der Waals surface area contributed by atoms with Crippen molar-refractivity contribution in [2.24, 2.45) is 5.41 Å². The van der Waals surface area contributed by atoms with Crippen LogP contribution in [0.25, 0.3) is 0 Å². The third-order valence-corrected chi connectivity index (χ3v) is 3.88. The molecule has 1 heterocycles. The van der Waals surface area contributed by atoms with Crippen molar-refractivity contribution in [2.45, 2.75) is 12.8 Å². The highest BCUT2D eigenvalue weighted by Gasteiger charge is 2.30. The van der Waals surface area contributed by atoms with Crippen molar-refractivity contribution in [1.29, 1.82) is 0 Å². The van der Waals surface area contributed by atoms with Gasteiger partial charge in [0.25, 0.3) is 0 Å². The zero-order chi connectivity index (χ0) is 12.8. The highest BCUT2D eigenvalue weighted by Crippen LogP contribution is 2.28. The van der Waals surface area contributed by atoms with Crippen LogP contribution in [-0.2, 0) is 12.8 Å². The van der Waals surface area contributed by atoms with Gasteiger partial charge < -0.3 is 10.2 Å². The molecule has 1 aromatic heterocycles. The largest absolute Gasteiger partial charge is 0.396 e. The van der Waals surface area contributed by atoms with Crippen LogP contribution in [0.3, 0.4) is 0 Å². The highest BCUT2D eigenvalue weighted by atomic mass is 32.1. The Kier molecular flexibility index (Phi) is 4.47. The third-order valence-electron chi connectivity index (χ3n) is 3.10. The summed E-state index contributed by atoms with van der Waals surface area (Å²) in [6.45, 7) is -0.0874. The van der Waals surface area contributed by atoms with Crippen LogP contribution in [0, 0.1) is 5.41 Å². The minimum atomic E-state index is -0.529. The van der Waals surface area contributed by atoms with E-state index in [1.807, 2.05) is 35.7 Å². The second kappa shape index (κ2) is 6.09. The first-order valence-electron chi connectivity index (χ1n) is 5.92. The molecule has 0 saturated carbocycles. The van der Waals surface area contributed by atoms with Gasteiger partial charge in [0, 0.05) is 23.4 Å². The van der Waals surface area contributed by atoms with E-state index in [0.717, 1.165) is 10.6 Å². The summed E-state index contributed by atoms with van der Waals surface area (Å²) in [4.78, 5) is 4.23. The second-order valence-corrected chi connectivity index (χ2v) is 5.56. The van der Waals surface area contributed by atoms with Gasteiger partial charge in [0.2, 0.25) is 0 Å². The first kappa shape index (κ1) is 13.2. The fourth-order valence-corrected chi connectivity index (χ4v) is 2.82. The number of hydrogen-bond acceptors (Lipinski definition) is 4. The van der Waals surface area contributed by atoms with E-state index < -0.39 is 5.41 Å². The van der Waals surface area contributed by atoms with Crippen LogP contribution in [0.1, 0.15) is 10.6 Å². The lowest BCUT2D eigenvalue weighted by Crippen LogP contribution is -2.34. The number of aliphatic hydroxyl groups is 2. The van der Waals surface area contributed by atoms with Crippen LogP contribution >= 0.6 is 11.3 Å². The van der Waals surface area contributed by atoms with Gasteiger partial charge in [-0.05, 0) is 12.0 Å². The monoisotopic (exact) mass is 263 g/mol. The van der Waals surface area contributed by atoms with E-state index in [2.05, 4.69) is 4.98 Å². The molecular formula is C14H17NO2S. The Balaban J connectivity index is 2.16. The molecule has 0 aliphatic rings. The average molecular weight is 263 g/mol. The maximum atomic E-state index is 9.65. The molecule has 18 heavy (non-hydrogen) atoms.